The molecule has 1 saturated heterocycles. The van der Waals surface area contributed by atoms with E-state index in [0.717, 1.165) is 0 Å². The van der Waals surface area contributed by atoms with Crippen LogP contribution in [0.1, 0.15) is 33.6 Å². The van der Waals surface area contributed by atoms with Gasteiger partial charge in [0, 0.05) is 12.3 Å². The molecule has 6 N–H and O–H groups in total. The second-order valence-corrected chi connectivity index (χ2v) is 7.63. The first-order valence-electron chi connectivity index (χ1n) is 9.19. The summed E-state index contributed by atoms with van der Waals surface area (Å²) in [5, 5.41) is 23.6. The molecular formula is C17H30N4O6S. The van der Waals surface area contributed by atoms with Crippen LogP contribution in [-0.2, 0) is 19.2 Å². The van der Waals surface area contributed by atoms with E-state index in [4.69, 9.17) is 5.73 Å². The number of carbonyl (C=O) groups is 4. The van der Waals surface area contributed by atoms with Crippen molar-refractivity contribution in [2.45, 2.75) is 63.9 Å². The highest BCUT2D eigenvalue weighted by molar-refractivity contribution is 7.80. The van der Waals surface area contributed by atoms with Gasteiger partial charge in [-0.15, -0.1) is 0 Å². The SMILES string of the molecule is CC(C)C(NC(=O)C1CCCN1C(=O)C(CS)NC(=O)C(N)C(C)O)C(=O)O. The Morgan fingerprint density at radius 3 is 2.29 bits per heavy atom. The number of rotatable bonds is 9. The number of carbonyl (C=O) groups excluding carboxylic acids is 3. The largest absolute Gasteiger partial charge is 0.480 e. The average molecular weight is 419 g/mol. The summed E-state index contributed by atoms with van der Waals surface area (Å²) in [6.45, 7) is 5.01. The Bertz CT molecular complexity index is 600. The number of hydrogen-bond donors (Lipinski definition) is 6. The predicted octanol–water partition coefficient (Wildman–Crippen LogP) is -1.67. The quantitative estimate of drug-likeness (QED) is 0.244. The molecule has 0 aliphatic carbocycles. The van der Waals surface area contributed by atoms with E-state index >= 15 is 0 Å². The van der Waals surface area contributed by atoms with Crippen LogP contribution in [0.25, 0.3) is 0 Å². The highest BCUT2D eigenvalue weighted by Crippen LogP contribution is 2.19. The first kappa shape index (κ1) is 24.2. The molecule has 0 saturated carbocycles. The maximum absolute atomic E-state index is 12.8. The van der Waals surface area contributed by atoms with Crippen LogP contribution in [0.15, 0.2) is 0 Å². The van der Waals surface area contributed by atoms with E-state index in [0.29, 0.717) is 19.4 Å². The minimum Gasteiger partial charge on any atom is -0.480 e. The standard InChI is InChI=1S/C17H30N4O6S/c1-8(2)13(17(26)27)20-14(23)11-5-4-6-21(11)16(25)10(7-28)19-15(24)12(18)9(3)22/h8-13,22,28H,4-7,18H2,1-3H3,(H,19,24)(H,20,23)(H,26,27). The average Bonchev–Trinajstić information content (AvgIpc) is 3.11. The molecule has 0 aromatic carbocycles. The molecule has 0 spiro atoms. The van der Waals surface area contributed by atoms with Crippen LogP contribution in [0.5, 0.6) is 0 Å². The fourth-order valence-electron chi connectivity index (χ4n) is 2.94. The lowest BCUT2D eigenvalue weighted by Gasteiger charge is -2.30. The molecule has 0 radical (unpaired) electrons. The minimum atomic E-state index is -1.20. The van der Waals surface area contributed by atoms with Gasteiger partial charge in [-0.1, -0.05) is 13.8 Å². The van der Waals surface area contributed by atoms with Gasteiger partial charge in [0.1, 0.15) is 24.2 Å². The third kappa shape index (κ3) is 6.08. The van der Waals surface area contributed by atoms with Gasteiger partial charge < -0.3 is 31.5 Å². The Kier molecular flexibility index (Phi) is 9.18. The van der Waals surface area contributed by atoms with Crippen LogP contribution in [0.4, 0.5) is 0 Å². The van der Waals surface area contributed by atoms with Crippen molar-refractivity contribution in [3.8, 4) is 0 Å². The zero-order chi connectivity index (χ0) is 21.6. The summed E-state index contributed by atoms with van der Waals surface area (Å²) in [6, 6.07) is -4.10. The highest BCUT2D eigenvalue weighted by Gasteiger charge is 2.39. The van der Waals surface area contributed by atoms with Crippen molar-refractivity contribution in [3.63, 3.8) is 0 Å². The van der Waals surface area contributed by atoms with Crippen LogP contribution >= 0.6 is 12.6 Å². The van der Waals surface area contributed by atoms with Gasteiger partial charge in [-0.2, -0.15) is 12.6 Å². The second-order valence-electron chi connectivity index (χ2n) is 7.27. The van der Waals surface area contributed by atoms with Crippen molar-refractivity contribution in [3.05, 3.63) is 0 Å². The molecule has 0 aromatic heterocycles. The lowest BCUT2D eigenvalue weighted by atomic mass is 10.0. The smallest absolute Gasteiger partial charge is 0.326 e. The summed E-state index contributed by atoms with van der Waals surface area (Å²) in [6.07, 6.45) is -0.128. The zero-order valence-electron chi connectivity index (χ0n) is 16.3. The van der Waals surface area contributed by atoms with E-state index in [1.807, 2.05) is 0 Å². The van der Waals surface area contributed by atoms with Crippen LogP contribution in [0.3, 0.4) is 0 Å². The molecular weight excluding hydrogens is 388 g/mol. The Labute approximate surface area is 169 Å². The number of nitrogens with zero attached hydrogens (tertiary/aromatic N) is 1. The fourth-order valence-corrected chi connectivity index (χ4v) is 3.19. The van der Waals surface area contributed by atoms with E-state index in [1.54, 1.807) is 13.8 Å². The number of carboxylic acid groups (broad SMARTS) is 1. The van der Waals surface area contributed by atoms with Crippen molar-refractivity contribution in [1.82, 2.24) is 15.5 Å². The molecule has 0 bridgehead atoms. The minimum absolute atomic E-state index is 0.0221. The monoisotopic (exact) mass is 418 g/mol. The van der Waals surface area contributed by atoms with Crippen molar-refractivity contribution in [2.75, 3.05) is 12.3 Å². The van der Waals surface area contributed by atoms with Crippen molar-refractivity contribution >= 4 is 36.3 Å². The molecule has 3 amide bonds. The number of likely N-dealkylation sites (tertiary alicyclic amines) is 1. The molecule has 1 aliphatic heterocycles. The van der Waals surface area contributed by atoms with Crippen LogP contribution in [0, 0.1) is 5.92 Å². The van der Waals surface area contributed by atoms with Gasteiger partial charge in [0.2, 0.25) is 17.7 Å². The van der Waals surface area contributed by atoms with E-state index in [2.05, 4.69) is 23.3 Å². The van der Waals surface area contributed by atoms with Crippen molar-refractivity contribution < 1.29 is 29.4 Å². The molecule has 160 valence electrons. The lowest BCUT2D eigenvalue weighted by molar-refractivity contribution is -0.145. The van der Waals surface area contributed by atoms with Gasteiger partial charge >= 0.3 is 5.97 Å². The van der Waals surface area contributed by atoms with Gasteiger partial charge in [0.05, 0.1) is 6.10 Å². The molecule has 28 heavy (non-hydrogen) atoms. The number of aliphatic carboxylic acids is 1. The molecule has 5 atom stereocenters. The Morgan fingerprint density at radius 1 is 1.21 bits per heavy atom. The van der Waals surface area contributed by atoms with E-state index < -0.39 is 54.0 Å². The maximum Gasteiger partial charge on any atom is 0.326 e. The number of aliphatic hydroxyl groups is 1. The fraction of sp³-hybridized carbons (Fsp3) is 0.765. The molecule has 11 heteroatoms. The number of hydrogen-bond acceptors (Lipinski definition) is 7. The lowest BCUT2D eigenvalue weighted by Crippen LogP contribution is -2.58. The number of carboxylic acids is 1. The first-order chi connectivity index (χ1) is 13.0. The van der Waals surface area contributed by atoms with Crippen LogP contribution < -0.4 is 16.4 Å². The molecule has 1 aliphatic rings. The van der Waals surface area contributed by atoms with Gasteiger partial charge in [-0.3, -0.25) is 14.4 Å². The molecule has 1 rings (SSSR count). The molecule has 5 unspecified atom stereocenters. The maximum atomic E-state index is 12.8. The first-order valence-corrected chi connectivity index (χ1v) is 9.83. The topological polar surface area (TPSA) is 162 Å². The Morgan fingerprint density at radius 2 is 1.82 bits per heavy atom. The number of nitrogens with one attached hydrogen (secondary N) is 2. The van der Waals surface area contributed by atoms with Gasteiger partial charge in [0.15, 0.2) is 0 Å². The Hall–Kier alpha value is -1.85. The van der Waals surface area contributed by atoms with Crippen molar-refractivity contribution in [2.24, 2.45) is 11.7 Å². The predicted molar refractivity (Wildman–Crippen MR) is 105 cm³/mol. The summed E-state index contributed by atoms with van der Waals surface area (Å²) in [7, 11) is 0. The summed E-state index contributed by atoms with van der Waals surface area (Å²) < 4.78 is 0. The Balaban J connectivity index is 2.86. The number of amides is 3. The molecule has 1 heterocycles. The van der Waals surface area contributed by atoms with Gasteiger partial charge in [0.25, 0.3) is 0 Å². The van der Waals surface area contributed by atoms with Crippen molar-refractivity contribution in [1.29, 1.82) is 0 Å². The van der Waals surface area contributed by atoms with Gasteiger partial charge in [-0.05, 0) is 25.7 Å². The summed E-state index contributed by atoms with van der Waals surface area (Å²) >= 11 is 4.09. The third-order valence-corrected chi connectivity index (χ3v) is 5.05. The number of nitrogens with two attached hydrogens (primary N) is 1. The summed E-state index contributed by atoms with van der Waals surface area (Å²) in [4.78, 5) is 50.1. The molecule has 0 aromatic rings. The van der Waals surface area contributed by atoms with Crippen LogP contribution in [0.2, 0.25) is 0 Å². The number of thiol groups is 1. The van der Waals surface area contributed by atoms with Gasteiger partial charge in [-0.25, -0.2) is 4.79 Å². The number of aliphatic hydroxyl groups excluding tert-OH is 1. The normalized spacial score (nSPS) is 21.0. The third-order valence-electron chi connectivity index (χ3n) is 4.69. The summed E-state index contributed by atoms with van der Waals surface area (Å²) in [5.41, 5.74) is 5.57. The summed E-state index contributed by atoms with van der Waals surface area (Å²) in [5.74, 6) is -3.24. The molecule has 1 fully saturated rings. The second kappa shape index (κ2) is 10.6. The highest BCUT2D eigenvalue weighted by atomic mass is 32.1. The molecule has 10 nitrogen and oxygen atoms in total. The van der Waals surface area contributed by atoms with E-state index in [-0.39, 0.29) is 11.7 Å². The zero-order valence-corrected chi connectivity index (χ0v) is 17.2. The van der Waals surface area contributed by atoms with E-state index in [1.165, 1.54) is 11.8 Å². The van der Waals surface area contributed by atoms with E-state index in [9.17, 15) is 29.4 Å². The van der Waals surface area contributed by atoms with Crippen LogP contribution in [-0.4, -0.2) is 81.4 Å².